The van der Waals surface area contributed by atoms with Crippen LogP contribution in [-0.4, -0.2) is 24.5 Å². The molecule has 1 saturated heterocycles. The van der Waals surface area contributed by atoms with Crippen molar-refractivity contribution >= 4 is 17.3 Å². The van der Waals surface area contributed by atoms with Gasteiger partial charge in [0.1, 0.15) is 0 Å². The number of aryl methyl sites for hydroxylation is 3. The fourth-order valence-corrected chi connectivity index (χ4v) is 5.32. The van der Waals surface area contributed by atoms with Crippen molar-refractivity contribution in [2.45, 2.75) is 46.3 Å². The lowest BCUT2D eigenvalue weighted by Gasteiger charge is -2.28. The van der Waals surface area contributed by atoms with E-state index < -0.39 is 0 Å². The number of rotatable bonds is 5. The van der Waals surface area contributed by atoms with E-state index in [9.17, 15) is 0 Å². The van der Waals surface area contributed by atoms with Crippen LogP contribution in [0.15, 0.2) is 73.2 Å². The molecule has 0 spiro atoms. The van der Waals surface area contributed by atoms with Crippen molar-refractivity contribution in [3.8, 4) is 5.69 Å². The molecule has 1 aliphatic rings. The van der Waals surface area contributed by atoms with Crippen molar-refractivity contribution in [3.63, 3.8) is 0 Å². The van der Waals surface area contributed by atoms with Gasteiger partial charge < -0.3 is 14.8 Å². The minimum absolute atomic E-state index is 0.0145. The fraction of sp³-hybridized carbons (Fsp3) is 0.250. The summed E-state index contributed by atoms with van der Waals surface area (Å²) in [6, 6.07) is 19.1. The number of pyridine rings is 2. The number of nitrogens with zero attached hydrogens (tertiary/aromatic N) is 4. The summed E-state index contributed by atoms with van der Waals surface area (Å²) in [7, 11) is 0. The van der Waals surface area contributed by atoms with Gasteiger partial charge in [0.15, 0.2) is 5.11 Å². The van der Waals surface area contributed by atoms with Gasteiger partial charge in [0.05, 0.1) is 17.8 Å². The second kappa shape index (κ2) is 9.03. The van der Waals surface area contributed by atoms with Crippen molar-refractivity contribution in [1.29, 1.82) is 0 Å². The predicted molar refractivity (Wildman–Crippen MR) is 140 cm³/mol. The van der Waals surface area contributed by atoms with Crippen LogP contribution in [0.2, 0.25) is 0 Å². The van der Waals surface area contributed by atoms with E-state index in [4.69, 9.17) is 12.2 Å². The highest BCUT2D eigenvalue weighted by molar-refractivity contribution is 7.80. The highest BCUT2D eigenvalue weighted by Gasteiger charge is 2.41. The Morgan fingerprint density at radius 2 is 1.74 bits per heavy atom. The molecule has 1 N–H and O–H groups in total. The molecule has 3 aromatic heterocycles. The van der Waals surface area contributed by atoms with E-state index in [0.717, 1.165) is 10.8 Å². The van der Waals surface area contributed by atoms with E-state index in [-0.39, 0.29) is 12.1 Å². The topological polar surface area (TPSA) is 46.0 Å². The molecule has 172 valence electrons. The van der Waals surface area contributed by atoms with Crippen LogP contribution in [-0.2, 0) is 6.54 Å². The molecule has 4 heterocycles. The maximum atomic E-state index is 5.87. The molecule has 5 nitrogen and oxygen atoms in total. The summed E-state index contributed by atoms with van der Waals surface area (Å²) in [5, 5.41) is 4.32. The summed E-state index contributed by atoms with van der Waals surface area (Å²) >= 11 is 5.87. The molecular formula is C28H29N5S. The zero-order valence-corrected chi connectivity index (χ0v) is 20.8. The third kappa shape index (κ3) is 3.99. The molecule has 0 aliphatic carbocycles. The van der Waals surface area contributed by atoms with Crippen LogP contribution >= 0.6 is 12.2 Å². The first kappa shape index (κ1) is 22.3. The largest absolute Gasteiger partial charge is 0.352 e. The van der Waals surface area contributed by atoms with Crippen LogP contribution < -0.4 is 5.32 Å². The Kier molecular flexibility index (Phi) is 5.92. The molecule has 0 saturated carbocycles. The maximum Gasteiger partial charge on any atom is 0.170 e. The molecule has 0 amide bonds. The number of nitrogens with one attached hydrogen (secondary N) is 1. The smallest absolute Gasteiger partial charge is 0.170 e. The van der Waals surface area contributed by atoms with Crippen LogP contribution in [0, 0.1) is 27.7 Å². The maximum absolute atomic E-state index is 5.87. The normalized spacial score (nSPS) is 17.8. The quantitative estimate of drug-likeness (QED) is 0.383. The fourth-order valence-electron chi connectivity index (χ4n) is 5.02. The first-order valence-electron chi connectivity index (χ1n) is 11.6. The van der Waals surface area contributed by atoms with Gasteiger partial charge in [0.2, 0.25) is 0 Å². The van der Waals surface area contributed by atoms with Crippen LogP contribution in [0.5, 0.6) is 0 Å². The first-order valence-corrected chi connectivity index (χ1v) is 12.0. The summed E-state index contributed by atoms with van der Waals surface area (Å²) < 4.78 is 2.37. The van der Waals surface area contributed by atoms with Gasteiger partial charge in [-0.25, -0.2) is 0 Å². The molecule has 1 aromatic carbocycles. The second-order valence-corrected chi connectivity index (χ2v) is 9.45. The van der Waals surface area contributed by atoms with E-state index in [1.165, 1.54) is 39.3 Å². The average Bonchev–Trinajstić information content (AvgIpc) is 3.31. The van der Waals surface area contributed by atoms with Gasteiger partial charge in [0.25, 0.3) is 0 Å². The number of aromatic nitrogens is 3. The molecule has 4 aromatic rings. The Balaban J connectivity index is 1.64. The zero-order chi connectivity index (χ0) is 23.8. The molecular weight excluding hydrogens is 438 g/mol. The minimum atomic E-state index is -0.0388. The van der Waals surface area contributed by atoms with Crippen LogP contribution in [0.1, 0.15) is 51.4 Å². The standard InChI is InChI=1S/C28H29N5S/c1-18-8-9-19(2)25(15-18)33-20(3)16-23(21(33)4)27-26(24-7-5-6-12-30-24)31-28(34)32(27)17-22-10-13-29-14-11-22/h5-16,26-27H,17H2,1-4H3,(H,31,34)/t26-,27+/m0/s1. The monoisotopic (exact) mass is 467 g/mol. The van der Waals surface area contributed by atoms with E-state index >= 15 is 0 Å². The van der Waals surface area contributed by atoms with E-state index in [1.807, 2.05) is 42.9 Å². The van der Waals surface area contributed by atoms with E-state index in [0.29, 0.717) is 6.54 Å². The predicted octanol–water partition coefficient (Wildman–Crippen LogP) is 5.67. The lowest BCUT2D eigenvalue weighted by Crippen LogP contribution is -2.29. The van der Waals surface area contributed by atoms with Gasteiger partial charge in [-0.3, -0.25) is 9.97 Å². The highest BCUT2D eigenvalue weighted by atomic mass is 32.1. The van der Waals surface area contributed by atoms with Crippen LogP contribution in [0.4, 0.5) is 0 Å². The summed E-state index contributed by atoms with van der Waals surface area (Å²) in [5.41, 5.74) is 9.60. The molecule has 34 heavy (non-hydrogen) atoms. The van der Waals surface area contributed by atoms with E-state index in [1.54, 1.807) is 0 Å². The van der Waals surface area contributed by atoms with Gasteiger partial charge in [-0.05, 0) is 98.6 Å². The number of hydrogen-bond acceptors (Lipinski definition) is 3. The third-order valence-corrected chi connectivity index (χ3v) is 7.05. The Morgan fingerprint density at radius 1 is 0.941 bits per heavy atom. The molecule has 6 heteroatoms. The van der Waals surface area contributed by atoms with Crippen molar-refractivity contribution < 1.29 is 0 Å². The van der Waals surface area contributed by atoms with Gasteiger partial charge in [-0.1, -0.05) is 18.2 Å². The molecule has 5 rings (SSSR count). The number of thiocarbonyl (C=S) groups is 1. The van der Waals surface area contributed by atoms with Gasteiger partial charge in [-0.2, -0.15) is 0 Å². The summed E-state index contributed by atoms with van der Waals surface area (Å²) in [6.45, 7) is 9.42. The van der Waals surface area contributed by atoms with E-state index in [2.05, 4.69) is 82.8 Å². The molecule has 1 fully saturated rings. The molecule has 2 atom stereocenters. The lowest BCUT2D eigenvalue weighted by molar-refractivity contribution is 0.310. The van der Waals surface area contributed by atoms with Crippen molar-refractivity contribution in [2.24, 2.45) is 0 Å². The third-order valence-electron chi connectivity index (χ3n) is 6.69. The van der Waals surface area contributed by atoms with Crippen LogP contribution in [0.25, 0.3) is 5.69 Å². The molecule has 1 aliphatic heterocycles. The zero-order valence-electron chi connectivity index (χ0n) is 20.0. The van der Waals surface area contributed by atoms with Crippen molar-refractivity contribution in [3.05, 3.63) is 113 Å². The second-order valence-electron chi connectivity index (χ2n) is 9.06. The summed E-state index contributed by atoms with van der Waals surface area (Å²) in [6.07, 6.45) is 5.51. The van der Waals surface area contributed by atoms with Gasteiger partial charge in [0, 0.05) is 42.2 Å². The summed E-state index contributed by atoms with van der Waals surface area (Å²) in [5.74, 6) is 0. The SMILES string of the molecule is Cc1ccc(C)c(-n2c(C)cc([C@@H]3[C@H](c4ccccn4)NC(=S)N3Cc3ccncc3)c2C)c1. The molecule has 0 radical (unpaired) electrons. The molecule has 0 unspecified atom stereocenters. The van der Waals surface area contributed by atoms with Crippen LogP contribution in [0.3, 0.4) is 0 Å². The Bertz CT molecular complexity index is 1330. The molecule has 0 bridgehead atoms. The Labute approximate surface area is 206 Å². The Morgan fingerprint density at radius 3 is 2.47 bits per heavy atom. The highest BCUT2D eigenvalue weighted by Crippen LogP contribution is 2.42. The number of benzene rings is 1. The van der Waals surface area contributed by atoms with Crippen molar-refractivity contribution in [2.75, 3.05) is 0 Å². The van der Waals surface area contributed by atoms with Gasteiger partial charge >= 0.3 is 0 Å². The van der Waals surface area contributed by atoms with Crippen molar-refractivity contribution in [1.82, 2.24) is 24.8 Å². The van der Waals surface area contributed by atoms with Gasteiger partial charge in [-0.15, -0.1) is 0 Å². The number of hydrogen-bond donors (Lipinski definition) is 1. The first-order chi connectivity index (χ1) is 16.4. The lowest BCUT2D eigenvalue weighted by atomic mass is 9.96. The Hall–Kier alpha value is -3.51. The minimum Gasteiger partial charge on any atom is -0.352 e. The average molecular weight is 468 g/mol. The summed E-state index contributed by atoms with van der Waals surface area (Å²) in [4.78, 5) is 11.2.